The van der Waals surface area contributed by atoms with E-state index in [0.29, 0.717) is 33.4 Å². The average molecular weight is 500 g/mol. The van der Waals surface area contributed by atoms with Crippen LogP contribution in [0.2, 0.25) is 0 Å². The third-order valence-corrected chi connectivity index (χ3v) is 6.29. The van der Waals surface area contributed by atoms with Crippen molar-refractivity contribution in [3.8, 4) is 0 Å². The lowest BCUT2D eigenvalue weighted by Crippen LogP contribution is -2.37. The maximum Gasteiger partial charge on any atom is 0.338 e. The number of amidine groups is 1. The maximum absolute atomic E-state index is 13.7. The molecule has 0 saturated heterocycles. The van der Waals surface area contributed by atoms with E-state index >= 15 is 0 Å². The summed E-state index contributed by atoms with van der Waals surface area (Å²) in [4.78, 5) is 32.2. The molecule has 2 aliphatic rings. The lowest BCUT2D eigenvalue weighted by atomic mass is 9.94. The fourth-order valence-electron chi connectivity index (χ4n) is 3.79. The van der Waals surface area contributed by atoms with Crippen molar-refractivity contribution < 1.29 is 27.8 Å². The van der Waals surface area contributed by atoms with Crippen LogP contribution in [0.4, 0.5) is 14.5 Å². The molecule has 10 heteroatoms. The van der Waals surface area contributed by atoms with Crippen LogP contribution in [0.3, 0.4) is 0 Å². The molecule has 4 rings (SSSR count). The van der Waals surface area contributed by atoms with Gasteiger partial charge in [0.1, 0.15) is 18.2 Å². The number of hydrogen-bond acceptors (Lipinski definition) is 7. The van der Waals surface area contributed by atoms with Crippen molar-refractivity contribution in [2.24, 2.45) is 4.99 Å². The predicted molar refractivity (Wildman–Crippen MR) is 129 cm³/mol. The van der Waals surface area contributed by atoms with Gasteiger partial charge < -0.3 is 19.7 Å². The number of allylic oxidation sites excluding steroid dienone is 1. The van der Waals surface area contributed by atoms with Gasteiger partial charge in [0.05, 0.1) is 30.3 Å². The third kappa shape index (κ3) is 5.60. The van der Waals surface area contributed by atoms with Crippen LogP contribution in [0.15, 0.2) is 75.9 Å². The molecular formula is C25H23F2N3O4S. The fraction of sp³-hybridized carbons (Fsp3) is 0.240. The van der Waals surface area contributed by atoms with E-state index in [9.17, 15) is 18.4 Å². The van der Waals surface area contributed by atoms with E-state index in [0.717, 1.165) is 0 Å². The number of nitrogens with zero attached hydrogens (tertiary/aromatic N) is 2. The molecule has 1 N–H and O–H groups in total. The summed E-state index contributed by atoms with van der Waals surface area (Å²) < 4.78 is 37.2. The number of benzene rings is 2. The van der Waals surface area contributed by atoms with Crippen molar-refractivity contribution in [2.45, 2.75) is 19.4 Å². The first-order chi connectivity index (χ1) is 16.9. The molecule has 0 unspecified atom stereocenters. The van der Waals surface area contributed by atoms with Crippen molar-refractivity contribution in [1.29, 1.82) is 0 Å². The molecule has 0 aromatic heterocycles. The molecule has 0 aliphatic carbocycles. The summed E-state index contributed by atoms with van der Waals surface area (Å²) in [5.41, 5.74) is 2.49. The zero-order chi connectivity index (χ0) is 24.9. The lowest BCUT2D eigenvalue weighted by molar-refractivity contribution is -0.141. The number of esters is 1. The van der Waals surface area contributed by atoms with Gasteiger partial charge in [-0.3, -0.25) is 4.79 Å². The summed E-state index contributed by atoms with van der Waals surface area (Å²) in [6.07, 6.45) is -0.0217. The smallest absolute Gasteiger partial charge is 0.338 e. The molecule has 0 fully saturated rings. The highest BCUT2D eigenvalue weighted by atomic mass is 32.2. The number of carbonyl (C=O) groups is 2. The van der Waals surface area contributed by atoms with E-state index in [2.05, 4.69) is 10.3 Å². The molecule has 1 atom stereocenters. The van der Waals surface area contributed by atoms with Crippen molar-refractivity contribution >= 4 is 34.5 Å². The molecule has 2 aliphatic heterocycles. The first kappa shape index (κ1) is 24.6. The number of hydrogen-bond donors (Lipinski definition) is 1. The van der Waals surface area contributed by atoms with E-state index in [1.165, 1.54) is 55.3 Å². The number of ether oxygens (including phenoxy) is 2. The van der Waals surface area contributed by atoms with E-state index in [1.807, 2.05) is 0 Å². The van der Waals surface area contributed by atoms with Gasteiger partial charge in [0, 0.05) is 18.5 Å². The molecule has 2 heterocycles. The fourth-order valence-corrected chi connectivity index (χ4v) is 4.75. The second kappa shape index (κ2) is 10.8. The Balaban J connectivity index is 1.63. The van der Waals surface area contributed by atoms with Crippen LogP contribution >= 0.6 is 11.8 Å². The van der Waals surface area contributed by atoms with Crippen molar-refractivity contribution in [2.75, 3.05) is 25.6 Å². The Morgan fingerprint density at radius 2 is 1.71 bits per heavy atom. The zero-order valence-electron chi connectivity index (χ0n) is 19.1. The Morgan fingerprint density at radius 3 is 2.37 bits per heavy atom. The number of anilines is 1. The van der Waals surface area contributed by atoms with Gasteiger partial charge in [-0.2, -0.15) is 0 Å². The van der Waals surface area contributed by atoms with E-state index in [1.54, 1.807) is 29.4 Å². The van der Waals surface area contributed by atoms with Crippen molar-refractivity contribution in [3.63, 3.8) is 0 Å². The number of rotatable bonds is 8. The minimum atomic E-state index is -0.669. The Hall–Kier alpha value is -3.50. The van der Waals surface area contributed by atoms with Gasteiger partial charge in [0.2, 0.25) is 5.91 Å². The molecule has 1 amide bonds. The van der Waals surface area contributed by atoms with Gasteiger partial charge in [-0.25, -0.2) is 18.6 Å². The summed E-state index contributed by atoms with van der Waals surface area (Å²) in [5.74, 6) is -1.70. The second-order valence-electron chi connectivity index (χ2n) is 7.81. The largest absolute Gasteiger partial charge is 0.460 e. The van der Waals surface area contributed by atoms with Crippen LogP contribution in [0.1, 0.15) is 24.9 Å². The van der Waals surface area contributed by atoms with Crippen LogP contribution in [0.5, 0.6) is 0 Å². The third-order valence-electron chi connectivity index (χ3n) is 5.40. The number of fused-ring (bicyclic) bond motifs is 1. The zero-order valence-corrected chi connectivity index (χ0v) is 19.9. The molecular weight excluding hydrogens is 476 g/mol. The Kier molecular flexibility index (Phi) is 7.62. The number of carbonyl (C=O) groups excluding carboxylic acids is 2. The standard InChI is InChI=1S/C25H23F2N3O4S/c1-15-22(24(32)34-12-11-33-2)23(16-3-5-17(26)6-4-16)30-20(14-35-25(30)28-15)13-21(31)29-19-9-7-18(27)8-10-19/h3-10,14,23H,11-13H2,1-2H3,(H,29,31)/t23-/m1/s1. The molecule has 0 saturated carbocycles. The first-order valence-corrected chi connectivity index (χ1v) is 11.7. The van der Waals surface area contributed by atoms with Gasteiger partial charge >= 0.3 is 5.97 Å². The second-order valence-corrected chi connectivity index (χ2v) is 8.64. The number of thioether (sulfide) groups is 1. The highest BCUT2D eigenvalue weighted by Gasteiger charge is 2.41. The summed E-state index contributed by atoms with van der Waals surface area (Å²) in [6.45, 7) is 2.02. The average Bonchev–Trinajstić information content (AvgIpc) is 3.22. The van der Waals surface area contributed by atoms with Crippen LogP contribution < -0.4 is 5.32 Å². The summed E-state index contributed by atoms with van der Waals surface area (Å²) >= 11 is 1.33. The van der Waals surface area contributed by atoms with Crippen molar-refractivity contribution in [3.05, 3.63) is 88.1 Å². The molecule has 0 radical (unpaired) electrons. The molecule has 2 aromatic rings. The van der Waals surface area contributed by atoms with Gasteiger partial charge in [-0.1, -0.05) is 23.9 Å². The first-order valence-electron chi connectivity index (χ1n) is 10.8. The van der Waals surface area contributed by atoms with Crippen molar-refractivity contribution in [1.82, 2.24) is 4.90 Å². The number of amides is 1. The predicted octanol–water partition coefficient (Wildman–Crippen LogP) is 4.76. The van der Waals surface area contributed by atoms with Crippen LogP contribution in [-0.4, -0.2) is 42.3 Å². The number of methoxy groups -OCH3 is 1. The molecule has 0 spiro atoms. The van der Waals surface area contributed by atoms with Gasteiger partial charge in [-0.15, -0.1) is 0 Å². The number of halogens is 2. The quantitative estimate of drug-likeness (QED) is 0.417. The minimum absolute atomic E-state index is 0.0217. The molecule has 2 aromatic carbocycles. The topological polar surface area (TPSA) is 80.2 Å². The minimum Gasteiger partial charge on any atom is -0.460 e. The monoisotopic (exact) mass is 499 g/mol. The van der Waals surface area contributed by atoms with E-state index < -0.39 is 23.6 Å². The molecule has 0 bridgehead atoms. The Morgan fingerprint density at radius 1 is 1.06 bits per heavy atom. The molecule has 35 heavy (non-hydrogen) atoms. The van der Waals surface area contributed by atoms with Gasteiger partial charge in [-0.05, 0) is 54.3 Å². The summed E-state index contributed by atoms with van der Waals surface area (Å²) in [6, 6.07) is 10.6. The SMILES string of the molecule is COCCOC(=O)C1=C(C)N=C2SC=C(CC(=O)Nc3ccc(F)cc3)N2[C@@H]1c1ccc(F)cc1. The lowest BCUT2D eigenvalue weighted by Gasteiger charge is -2.36. The highest BCUT2D eigenvalue weighted by molar-refractivity contribution is 8.16. The van der Waals surface area contributed by atoms with E-state index in [4.69, 9.17) is 9.47 Å². The Bertz CT molecular complexity index is 1210. The normalized spacial score (nSPS) is 17.0. The van der Waals surface area contributed by atoms with Crippen LogP contribution in [0, 0.1) is 11.6 Å². The van der Waals surface area contributed by atoms with Crippen LogP contribution in [-0.2, 0) is 19.1 Å². The highest BCUT2D eigenvalue weighted by Crippen LogP contribution is 2.44. The van der Waals surface area contributed by atoms with Gasteiger partial charge in [0.15, 0.2) is 5.17 Å². The van der Waals surface area contributed by atoms with Gasteiger partial charge in [0.25, 0.3) is 0 Å². The maximum atomic E-state index is 13.7. The van der Waals surface area contributed by atoms with Crippen LogP contribution in [0.25, 0.3) is 0 Å². The summed E-state index contributed by atoms with van der Waals surface area (Å²) in [5, 5.41) is 5.13. The van der Waals surface area contributed by atoms with E-state index in [-0.39, 0.29) is 25.5 Å². The molecule has 182 valence electrons. The Labute approximate surface area is 205 Å². The molecule has 7 nitrogen and oxygen atoms in total. The summed E-state index contributed by atoms with van der Waals surface area (Å²) in [7, 11) is 1.51. The number of nitrogens with one attached hydrogen (secondary N) is 1. The number of aliphatic imine (C=N–C) groups is 1.